The predicted molar refractivity (Wildman–Crippen MR) is 107 cm³/mol. The number of Topliss-reactive ketones (excluding diaryl/α,β-unsaturated/α-hetero) is 1. The molecule has 0 saturated carbocycles. The van der Waals surface area contributed by atoms with Gasteiger partial charge in [0.15, 0.2) is 10.9 Å². The molecule has 0 heterocycles. The molecule has 0 bridgehead atoms. The van der Waals surface area contributed by atoms with Gasteiger partial charge in [0.2, 0.25) is 5.91 Å². The van der Waals surface area contributed by atoms with Crippen LogP contribution in [0.2, 0.25) is 5.02 Å². The zero-order valence-corrected chi connectivity index (χ0v) is 15.7. The van der Waals surface area contributed by atoms with E-state index in [0.29, 0.717) is 22.2 Å². The Morgan fingerprint density at radius 3 is 2.31 bits per heavy atom. The lowest BCUT2D eigenvalue weighted by atomic mass is 10.1. The first-order valence-corrected chi connectivity index (χ1v) is 8.98. The second-order valence-electron chi connectivity index (χ2n) is 5.59. The van der Waals surface area contributed by atoms with Crippen molar-refractivity contribution in [2.75, 3.05) is 6.54 Å². The quantitative estimate of drug-likeness (QED) is 0.386. The molecule has 2 aromatic carbocycles. The highest BCUT2D eigenvalue weighted by molar-refractivity contribution is 7.80. The van der Waals surface area contributed by atoms with Gasteiger partial charge >= 0.3 is 0 Å². The van der Waals surface area contributed by atoms with E-state index in [2.05, 4.69) is 16.2 Å². The van der Waals surface area contributed by atoms with Crippen molar-refractivity contribution < 1.29 is 9.59 Å². The van der Waals surface area contributed by atoms with Gasteiger partial charge in [0.05, 0.1) is 0 Å². The van der Waals surface area contributed by atoms with Crippen molar-refractivity contribution in [2.24, 2.45) is 0 Å². The Bertz CT molecular complexity index is 751. The molecule has 0 unspecified atom stereocenters. The molecule has 2 aromatic rings. The number of carbonyl (C=O) groups excluding carboxylic acids is 2. The number of nitrogens with one attached hydrogen (secondary N) is 3. The lowest BCUT2D eigenvalue weighted by Crippen LogP contribution is -2.47. The van der Waals surface area contributed by atoms with Crippen LogP contribution in [0.15, 0.2) is 54.6 Å². The van der Waals surface area contributed by atoms with Crippen molar-refractivity contribution in [3.8, 4) is 0 Å². The molecule has 0 spiro atoms. The summed E-state index contributed by atoms with van der Waals surface area (Å²) in [6, 6.07) is 16.5. The number of carbonyl (C=O) groups is 2. The average Bonchev–Trinajstić information content (AvgIpc) is 2.66. The SMILES string of the molecule is O=C(CCC(=O)c1ccccc1)NNC(=S)NCCc1ccc(Cl)cc1. The molecule has 2 rings (SSSR count). The molecule has 0 saturated heterocycles. The summed E-state index contributed by atoms with van der Waals surface area (Å²) < 4.78 is 0. The van der Waals surface area contributed by atoms with Crippen LogP contribution in [-0.4, -0.2) is 23.3 Å². The third kappa shape index (κ3) is 7.21. The monoisotopic (exact) mass is 389 g/mol. The fraction of sp³-hybridized carbons (Fsp3) is 0.211. The minimum atomic E-state index is -0.295. The Kier molecular flexibility index (Phi) is 8.05. The second-order valence-corrected chi connectivity index (χ2v) is 6.44. The van der Waals surface area contributed by atoms with Gasteiger partial charge in [-0.1, -0.05) is 54.1 Å². The largest absolute Gasteiger partial charge is 0.361 e. The smallest absolute Gasteiger partial charge is 0.238 e. The molecule has 5 nitrogen and oxygen atoms in total. The van der Waals surface area contributed by atoms with Gasteiger partial charge in [-0.2, -0.15) is 0 Å². The van der Waals surface area contributed by atoms with E-state index >= 15 is 0 Å². The van der Waals surface area contributed by atoms with Crippen LogP contribution in [0.5, 0.6) is 0 Å². The number of benzene rings is 2. The van der Waals surface area contributed by atoms with E-state index in [0.717, 1.165) is 12.0 Å². The van der Waals surface area contributed by atoms with Crippen molar-refractivity contribution in [3.05, 3.63) is 70.7 Å². The predicted octanol–water partition coefficient (Wildman–Crippen LogP) is 3.04. The van der Waals surface area contributed by atoms with Crippen LogP contribution in [-0.2, 0) is 11.2 Å². The number of hydrogen-bond acceptors (Lipinski definition) is 3. The molecule has 0 aliphatic carbocycles. The zero-order chi connectivity index (χ0) is 18.8. The van der Waals surface area contributed by atoms with Crippen molar-refractivity contribution in [2.45, 2.75) is 19.3 Å². The van der Waals surface area contributed by atoms with Crippen LogP contribution >= 0.6 is 23.8 Å². The first-order chi connectivity index (χ1) is 12.5. The summed E-state index contributed by atoms with van der Waals surface area (Å²) in [6.45, 7) is 0.621. The molecule has 0 fully saturated rings. The number of amides is 1. The highest BCUT2D eigenvalue weighted by atomic mass is 35.5. The molecule has 7 heteroatoms. The van der Waals surface area contributed by atoms with E-state index in [-0.39, 0.29) is 24.5 Å². The van der Waals surface area contributed by atoms with Gasteiger partial charge < -0.3 is 5.32 Å². The Morgan fingerprint density at radius 1 is 0.923 bits per heavy atom. The molecular formula is C19H20ClN3O2S. The molecule has 136 valence electrons. The van der Waals surface area contributed by atoms with Gasteiger partial charge in [0, 0.05) is 30.0 Å². The zero-order valence-electron chi connectivity index (χ0n) is 14.1. The molecule has 3 N–H and O–H groups in total. The maximum Gasteiger partial charge on any atom is 0.238 e. The highest BCUT2D eigenvalue weighted by Crippen LogP contribution is 2.09. The van der Waals surface area contributed by atoms with E-state index in [1.54, 1.807) is 24.3 Å². The van der Waals surface area contributed by atoms with E-state index in [1.165, 1.54) is 0 Å². The Balaban J connectivity index is 1.60. The standard InChI is InChI=1S/C19H20ClN3O2S/c20-16-8-6-14(7-9-16)12-13-21-19(26)23-22-18(25)11-10-17(24)15-4-2-1-3-5-15/h1-9H,10-13H2,(H,22,25)(H2,21,23,26). The normalized spacial score (nSPS) is 10.0. The molecule has 1 amide bonds. The fourth-order valence-electron chi connectivity index (χ4n) is 2.20. The molecule has 0 radical (unpaired) electrons. The number of halogens is 1. The van der Waals surface area contributed by atoms with Crippen LogP contribution in [0.1, 0.15) is 28.8 Å². The van der Waals surface area contributed by atoms with Crippen LogP contribution in [0.25, 0.3) is 0 Å². The van der Waals surface area contributed by atoms with Crippen molar-refractivity contribution in [3.63, 3.8) is 0 Å². The Labute approximate surface area is 163 Å². The highest BCUT2D eigenvalue weighted by Gasteiger charge is 2.09. The molecule has 0 aliphatic heterocycles. The van der Waals surface area contributed by atoms with Gasteiger partial charge in [-0.05, 0) is 36.3 Å². The number of ketones is 1. The first-order valence-electron chi connectivity index (χ1n) is 8.20. The fourth-order valence-corrected chi connectivity index (χ4v) is 2.48. The second kappa shape index (κ2) is 10.5. The lowest BCUT2D eigenvalue weighted by Gasteiger charge is -2.11. The summed E-state index contributed by atoms with van der Waals surface area (Å²) >= 11 is 10.9. The Hall–Kier alpha value is -2.44. The minimum Gasteiger partial charge on any atom is -0.361 e. The topological polar surface area (TPSA) is 70.2 Å². The van der Waals surface area contributed by atoms with Gasteiger partial charge in [-0.25, -0.2) is 0 Å². The number of rotatable bonds is 7. The van der Waals surface area contributed by atoms with Crippen LogP contribution < -0.4 is 16.2 Å². The van der Waals surface area contributed by atoms with Crippen molar-refractivity contribution in [1.29, 1.82) is 0 Å². The van der Waals surface area contributed by atoms with Crippen LogP contribution in [0, 0.1) is 0 Å². The number of thiocarbonyl (C=S) groups is 1. The molecule has 0 aliphatic rings. The minimum absolute atomic E-state index is 0.0654. The van der Waals surface area contributed by atoms with E-state index < -0.39 is 0 Å². The summed E-state index contributed by atoms with van der Waals surface area (Å²) in [5.74, 6) is -0.361. The van der Waals surface area contributed by atoms with E-state index in [4.69, 9.17) is 23.8 Å². The van der Waals surface area contributed by atoms with E-state index in [1.807, 2.05) is 30.3 Å². The maximum absolute atomic E-state index is 11.9. The van der Waals surface area contributed by atoms with Crippen LogP contribution in [0.4, 0.5) is 0 Å². The molecule has 0 atom stereocenters. The third-order valence-corrected chi connectivity index (χ3v) is 4.10. The third-order valence-electron chi connectivity index (χ3n) is 3.60. The van der Waals surface area contributed by atoms with Gasteiger partial charge in [0.1, 0.15) is 0 Å². The molecular weight excluding hydrogens is 370 g/mol. The van der Waals surface area contributed by atoms with Crippen LogP contribution in [0.3, 0.4) is 0 Å². The molecule has 0 aromatic heterocycles. The Morgan fingerprint density at radius 2 is 1.62 bits per heavy atom. The lowest BCUT2D eigenvalue weighted by molar-refractivity contribution is -0.121. The summed E-state index contributed by atoms with van der Waals surface area (Å²) in [5, 5.41) is 4.02. The van der Waals surface area contributed by atoms with E-state index in [9.17, 15) is 9.59 Å². The summed E-state index contributed by atoms with van der Waals surface area (Å²) in [4.78, 5) is 23.7. The van der Waals surface area contributed by atoms with Gasteiger partial charge in [-0.15, -0.1) is 0 Å². The summed E-state index contributed by atoms with van der Waals surface area (Å²) in [7, 11) is 0. The van der Waals surface area contributed by atoms with Gasteiger partial charge in [-0.3, -0.25) is 20.4 Å². The molecule has 26 heavy (non-hydrogen) atoms. The summed E-state index contributed by atoms with van der Waals surface area (Å²) in [5.41, 5.74) is 6.85. The average molecular weight is 390 g/mol. The number of hydrogen-bond donors (Lipinski definition) is 3. The van der Waals surface area contributed by atoms with Crippen molar-refractivity contribution in [1.82, 2.24) is 16.2 Å². The van der Waals surface area contributed by atoms with Crippen molar-refractivity contribution >= 4 is 40.6 Å². The maximum atomic E-state index is 11.9. The number of hydrazine groups is 1. The van der Waals surface area contributed by atoms with Gasteiger partial charge in [0.25, 0.3) is 0 Å². The first kappa shape index (κ1) is 19.9. The summed E-state index contributed by atoms with van der Waals surface area (Å²) in [6.07, 6.45) is 1.01.